The molecule has 1 aliphatic carbocycles. The van der Waals surface area contributed by atoms with Gasteiger partial charge in [0.2, 0.25) is 0 Å². The van der Waals surface area contributed by atoms with Crippen LogP contribution in [0.15, 0.2) is 29.1 Å². The maximum Gasteiger partial charge on any atom is 0.270 e. The molecule has 3 rings (SSSR count). The Morgan fingerprint density at radius 3 is 2.75 bits per heavy atom. The molecule has 6 nitrogen and oxygen atoms in total. The summed E-state index contributed by atoms with van der Waals surface area (Å²) in [6.07, 6.45) is 1.99. The van der Waals surface area contributed by atoms with Crippen molar-refractivity contribution in [2.24, 2.45) is 0 Å². The lowest BCUT2D eigenvalue weighted by Crippen LogP contribution is -2.20. The Morgan fingerprint density at radius 1 is 1.40 bits per heavy atom. The van der Waals surface area contributed by atoms with Crippen LogP contribution in [0.2, 0.25) is 0 Å². The summed E-state index contributed by atoms with van der Waals surface area (Å²) in [6.45, 7) is 2.58. The average molecular weight is 273 g/mol. The van der Waals surface area contributed by atoms with Gasteiger partial charge in [0.1, 0.15) is 0 Å². The van der Waals surface area contributed by atoms with Crippen LogP contribution in [0.5, 0.6) is 0 Å². The van der Waals surface area contributed by atoms with Gasteiger partial charge in [-0.15, -0.1) is 0 Å². The van der Waals surface area contributed by atoms with Gasteiger partial charge in [0, 0.05) is 41.9 Å². The van der Waals surface area contributed by atoms with Crippen molar-refractivity contribution in [3.8, 4) is 0 Å². The summed E-state index contributed by atoms with van der Waals surface area (Å²) >= 11 is 0. The average Bonchev–Trinajstić information content (AvgIpc) is 3.23. The largest absolute Gasteiger partial charge is 0.385 e. The number of nitrogens with zero attached hydrogens (tertiary/aromatic N) is 2. The fourth-order valence-corrected chi connectivity index (χ4v) is 2.50. The van der Waals surface area contributed by atoms with Crippen LogP contribution in [0, 0.1) is 10.1 Å². The van der Waals surface area contributed by atoms with Crippen molar-refractivity contribution in [1.82, 2.24) is 4.57 Å². The number of nitro groups is 1. The van der Waals surface area contributed by atoms with Crippen LogP contribution in [0.4, 0.5) is 11.4 Å². The van der Waals surface area contributed by atoms with E-state index in [1.807, 2.05) is 6.92 Å². The first-order chi connectivity index (χ1) is 9.61. The smallest absolute Gasteiger partial charge is 0.270 e. The third kappa shape index (κ3) is 2.03. The standard InChI is InChI=1S/C14H15N3O3/c1-2-15-12-8-14(18)16(9-3-4-9)13-6-5-10(17(19)20)7-11(12)13/h5-9,15H,2-4H2,1H3. The van der Waals surface area contributed by atoms with Crippen LogP contribution in [-0.2, 0) is 0 Å². The Balaban J connectivity index is 2.32. The van der Waals surface area contributed by atoms with Crippen molar-refractivity contribution in [3.05, 3.63) is 44.7 Å². The van der Waals surface area contributed by atoms with E-state index in [9.17, 15) is 14.9 Å². The van der Waals surface area contributed by atoms with E-state index in [4.69, 9.17) is 0 Å². The summed E-state index contributed by atoms with van der Waals surface area (Å²) in [4.78, 5) is 22.7. The van der Waals surface area contributed by atoms with Crippen molar-refractivity contribution >= 4 is 22.3 Å². The quantitative estimate of drug-likeness (QED) is 0.686. The fourth-order valence-electron chi connectivity index (χ4n) is 2.50. The van der Waals surface area contributed by atoms with Gasteiger partial charge in [0.15, 0.2) is 0 Å². The number of anilines is 1. The molecule has 0 spiro atoms. The minimum absolute atomic E-state index is 0.0395. The minimum Gasteiger partial charge on any atom is -0.385 e. The second-order valence-electron chi connectivity index (χ2n) is 4.99. The third-order valence-corrected chi connectivity index (χ3v) is 3.53. The molecule has 104 valence electrons. The number of pyridine rings is 1. The maximum atomic E-state index is 12.2. The first-order valence-electron chi connectivity index (χ1n) is 6.69. The Labute approximate surface area is 115 Å². The molecule has 1 N–H and O–H groups in total. The van der Waals surface area contributed by atoms with Gasteiger partial charge in [0.25, 0.3) is 11.2 Å². The van der Waals surface area contributed by atoms with Crippen LogP contribution in [0.1, 0.15) is 25.8 Å². The minimum atomic E-state index is -0.415. The second-order valence-corrected chi connectivity index (χ2v) is 4.99. The highest BCUT2D eigenvalue weighted by Crippen LogP contribution is 2.37. The van der Waals surface area contributed by atoms with E-state index in [2.05, 4.69) is 5.32 Å². The van der Waals surface area contributed by atoms with Crippen molar-refractivity contribution < 1.29 is 4.92 Å². The van der Waals surface area contributed by atoms with Gasteiger partial charge in [-0.1, -0.05) is 0 Å². The predicted octanol–water partition coefficient (Wildman–Crippen LogP) is 2.68. The number of hydrogen-bond acceptors (Lipinski definition) is 4. The monoisotopic (exact) mass is 273 g/mol. The lowest BCUT2D eigenvalue weighted by Gasteiger charge is -2.13. The molecular formula is C14H15N3O3. The zero-order valence-electron chi connectivity index (χ0n) is 11.1. The molecule has 2 aromatic rings. The topological polar surface area (TPSA) is 77.2 Å². The molecule has 0 amide bonds. The number of benzene rings is 1. The Hall–Kier alpha value is -2.37. The second kappa shape index (κ2) is 4.63. The van der Waals surface area contributed by atoms with Gasteiger partial charge in [-0.2, -0.15) is 0 Å². The molecule has 0 radical (unpaired) electrons. The molecule has 0 unspecified atom stereocenters. The number of fused-ring (bicyclic) bond motifs is 1. The zero-order chi connectivity index (χ0) is 14.3. The Kier molecular flexibility index (Phi) is 2.93. The van der Waals surface area contributed by atoms with Gasteiger partial charge in [-0.3, -0.25) is 14.9 Å². The third-order valence-electron chi connectivity index (χ3n) is 3.53. The van der Waals surface area contributed by atoms with Gasteiger partial charge in [-0.25, -0.2) is 0 Å². The molecule has 1 heterocycles. The molecule has 1 fully saturated rings. The first-order valence-corrected chi connectivity index (χ1v) is 6.69. The fraction of sp³-hybridized carbons (Fsp3) is 0.357. The summed E-state index contributed by atoms with van der Waals surface area (Å²) in [7, 11) is 0. The van der Waals surface area contributed by atoms with E-state index in [1.54, 1.807) is 10.6 Å². The van der Waals surface area contributed by atoms with E-state index in [-0.39, 0.29) is 17.3 Å². The van der Waals surface area contributed by atoms with Crippen molar-refractivity contribution in [2.75, 3.05) is 11.9 Å². The number of nitro benzene ring substituents is 1. The molecule has 1 aromatic carbocycles. The van der Waals surface area contributed by atoms with Crippen LogP contribution >= 0.6 is 0 Å². The van der Waals surface area contributed by atoms with E-state index in [1.165, 1.54) is 18.2 Å². The van der Waals surface area contributed by atoms with Crippen molar-refractivity contribution in [3.63, 3.8) is 0 Å². The molecule has 20 heavy (non-hydrogen) atoms. The number of rotatable bonds is 4. The number of aromatic nitrogens is 1. The number of nitrogens with one attached hydrogen (secondary N) is 1. The van der Waals surface area contributed by atoms with Crippen molar-refractivity contribution in [1.29, 1.82) is 0 Å². The van der Waals surface area contributed by atoms with Crippen LogP contribution in [0.3, 0.4) is 0 Å². The van der Waals surface area contributed by atoms with Crippen LogP contribution in [-0.4, -0.2) is 16.0 Å². The molecular weight excluding hydrogens is 258 g/mol. The Morgan fingerprint density at radius 2 is 2.15 bits per heavy atom. The molecule has 0 atom stereocenters. The van der Waals surface area contributed by atoms with E-state index >= 15 is 0 Å². The van der Waals surface area contributed by atoms with Crippen LogP contribution in [0.25, 0.3) is 10.9 Å². The lowest BCUT2D eigenvalue weighted by molar-refractivity contribution is -0.384. The molecule has 1 aliphatic rings. The maximum absolute atomic E-state index is 12.2. The van der Waals surface area contributed by atoms with Crippen LogP contribution < -0.4 is 10.9 Å². The first kappa shape index (κ1) is 12.7. The van der Waals surface area contributed by atoms with Gasteiger partial charge >= 0.3 is 0 Å². The van der Waals surface area contributed by atoms with Crippen molar-refractivity contribution in [2.45, 2.75) is 25.8 Å². The van der Waals surface area contributed by atoms with Gasteiger partial charge < -0.3 is 9.88 Å². The summed E-state index contributed by atoms with van der Waals surface area (Å²) in [6, 6.07) is 6.44. The summed E-state index contributed by atoms with van der Waals surface area (Å²) in [5.41, 5.74) is 1.41. The predicted molar refractivity (Wildman–Crippen MR) is 77.3 cm³/mol. The molecule has 0 aliphatic heterocycles. The highest BCUT2D eigenvalue weighted by Gasteiger charge is 2.27. The molecule has 1 aromatic heterocycles. The lowest BCUT2D eigenvalue weighted by atomic mass is 10.1. The summed E-state index contributed by atoms with van der Waals surface area (Å²) < 4.78 is 1.75. The molecule has 1 saturated carbocycles. The SMILES string of the molecule is CCNc1cc(=O)n(C2CC2)c2ccc([N+](=O)[O-])cc12. The Bertz CT molecular complexity index is 747. The highest BCUT2D eigenvalue weighted by molar-refractivity contribution is 5.93. The van der Waals surface area contributed by atoms with E-state index < -0.39 is 4.92 Å². The normalized spacial score (nSPS) is 14.4. The van der Waals surface area contributed by atoms with Gasteiger partial charge in [-0.05, 0) is 25.8 Å². The zero-order valence-corrected chi connectivity index (χ0v) is 11.1. The molecule has 0 bridgehead atoms. The highest BCUT2D eigenvalue weighted by atomic mass is 16.6. The summed E-state index contributed by atoms with van der Waals surface area (Å²) in [5.74, 6) is 0. The number of non-ortho nitro benzene ring substituents is 1. The van der Waals surface area contributed by atoms with E-state index in [0.717, 1.165) is 23.7 Å². The molecule has 0 saturated heterocycles. The van der Waals surface area contributed by atoms with Gasteiger partial charge in [0.05, 0.1) is 10.4 Å². The summed E-state index contributed by atoms with van der Waals surface area (Å²) in [5, 5.41) is 14.8. The van der Waals surface area contributed by atoms with E-state index in [0.29, 0.717) is 12.2 Å². The number of hydrogen-bond donors (Lipinski definition) is 1. The molecule has 6 heteroatoms.